The first-order valence-electron chi connectivity index (χ1n) is 42.0. The molecule has 9 atom stereocenters. The van der Waals surface area contributed by atoms with Crippen molar-refractivity contribution in [3.63, 3.8) is 0 Å². The van der Waals surface area contributed by atoms with E-state index in [4.69, 9.17) is 61.1 Å². The fourth-order valence-corrected chi connectivity index (χ4v) is 13.6. The number of aldehydes is 4. The molecule has 28 N–H and O–H groups in total. The average Bonchev–Trinajstić information content (AvgIpc) is 0.827. The Morgan fingerprint density at radius 1 is 0.421 bits per heavy atom. The number of carbonyl (C=O) groups excluding carboxylic acids is 10. The van der Waals surface area contributed by atoms with E-state index in [0.717, 1.165) is 56.7 Å². The number of guanidine groups is 4. The number of ketones is 3. The Hall–Kier alpha value is -6.87. The molecule has 0 saturated carbocycles. The number of esters is 2. The summed E-state index contributed by atoms with van der Waals surface area (Å²) in [5.74, 6) is -5.17. The lowest BCUT2D eigenvalue weighted by Gasteiger charge is -2.42. The molecule has 0 aromatic carbocycles. The number of Topliss-reactive ketones (excluding diaryl/α,β-unsaturated/α-hetero) is 3. The van der Waals surface area contributed by atoms with Crippen LogP contribution in [0, 0.1) is 0 Å². The maximum atomic E-state index is 13.9. The van der Waals surface area contributed by atoms with E-state index >= 15 is 0 Å². The van der Waals surface area contributed by atoms with Gasteiger partial charge in [0.25, 0.3) is 0 Å². The number of hydrazine groups is 1. The molecule has 0 spiro atoms. The third-order valence-electron chi connectivity index (χ3n) is 19.2. The predicted molar refractivity (Wildman–Crippen MR) is 452 cm³/mol. The summed E-state index contributed by atoms with van der Waals surface area (Å²) in [7, 11) is 0. The van der Waals surface area contributed by atoms with Gasteiger partial charge in [-0.3, -0.25) is 80.7 Å². The van der Waals surface area contributed by atoms with Crippen molar-refractivity contribution in [1.29, 1.82) is 0 Å². The summed E-state index contributed by atoms with van der Waals surface area (Å²) in [4.78, 5) is 149. The molecule has 0 aromatic heterocycles. The quantitative estimate of drug-likeness (QED) is 0.00606. The van der Waals surface area contributed by atoms with Crippen molar-refractivity contribution in [1.82, 2.24) is 42.8 Å². The van der Waals surface area contributed by atoms with Crippen LogP contribution in [0.5, 0.6) is 0 Å². The minimum atomic E-state index is -1.75. The Bertz CT molecular complexity index is 2540. The maximum absolute atomic E-state index is 13.9. The van der Waals surface area contributed by atoms with Crippen LogP contribution in [0.25, 0.3) is 0 Å². The van der Waals surface area contributed by atoms with Crippen LogP contribution >= 0.6 is 11.8 Å². The standard InChI is InChI=1S/C78H151N21O14S/c1-4-6-8-10-12-14-16-18-20-22-24-26-28-41-67(107)112-54-62(113-68(108)42-29-27-25-23-21-19-17-15-13-11-9-7-5-2)55-114-56-63(79)70(109)71(110)65(52-104)98-74(111)66(53-105)99-92-47-31-30-40-64(57(3)106)97-69(72(93-58(48-100)36-32-43-88-75(80)81)94-59(49-101)37-33-44-89-76(82)83)73(95-60(50-102)38-34-45-90-77(84)85)96-61(51-103)39-35-46-91-78(86)87/h48-51,58-66,69,72-73,92-97,99,104-105H,4-47,52-56,79H2,1-3H3,(H,98,111)(H4,80,81,88)(H4,82,83,89)(H4,84,85,90)(H4,86,87,91)/t58-,59-,60-,61-,62?,63?,64?,65-,66-/m0/s1. The summed E-state index contributed by atoms with van der Waals surface area (Å²) in [5.41, 5.74) is 56.5. The van der Waals surface area contributed by atoms with Crippen molar-refractivity contribution < 1.29 is 67.6 Å². The highest BCUT2D eigenvalue weighted by Gasteiger charge is 2.38. The number of rotatable bonds is 82. The van der Waals surface area contributed by atoms with E-state index in [2.05, 4.69) is 76.6 Å². The van der Waals surface area contributed by atoms with Crippen LogP contribution in [0.4, 0.5) is 0 Å². The van der Waals surface area contributed by atoms with Gasteiger partial charge in [0.2, 0.25) is 17.5 Å². The van der Waals surface area contributed by atoms with Crippen molar-refractivity contribution in [2.45, 2.75) is 344 Å². The Morgan fingerprint density at radius 2 is 0.781 bits per heavy atom. The molecule has 0 saturated heterocycles. The van der Waals surface area contributed by atoms with Crippen LogP contribution in [-0.2, 0) is 57.4 Å². The third-order valence-corrected chi connectivity index (χ3v) is 20.4. The Balaban J connectivity index is 6.47. The molecular weight excluding hydrogens is 1490 g/mol. The SMILES string of the molecule is CCCCCCCCCCCCCCCC(=O)OCC(CSCC(N)C(=O)C(=O)[C@H](CO)NC(=O)[C@H](CO)NNCCCCC(NC(C(N[C@H](C=O)CCCN=C(N)N)N[C@H](C=O)CCCN=C(N)N)C(N[C@H](C=O)CCCN=C(N)N)N[C@H](C=O)CCCN=C(N)N)C(C)=O)OC(=O)CCCCCCCCCCCCCCC. The van der Waals surface area contributed by atoms with Crippen LogP contribution in [0.2, 0.25) is 0 Å². The lowest BCUT2D eigenvalue weighted by molar-refractivity contribution is -0.157. The van der Waals surface area contributed by atoms with Gasteiger partial charge in [0, 0.05) is 57.1 Å². The van der Waals surface area contributed by atoms with E-state index in [1.807, 2.05) is 0 Å². The van der Waals surface area contributed by atoms with Crippen molar-refractivity contribution in [2.75, 3.05) is 64.1 Å². The fraction of sp³-hybridized carbons (Fsp3) is 0.821. The summed E-state index contributed by atoms with van der Waals surface area (Å²) in [6.07, 6.45) is 32.6. The molecule has 658 valence electrons. The maximum Gasteiger partial charge on any atom is 0.306 e. The van der Waals surface area contributed by atoms with E-state index < -0.39 is 115 Å². The summed E-state index contributed by atoms with van der Waals surface area (Å²) in [5, 5.41) is 39.6. The van der Waals surface area contributed by atoms with E-state index in [9.17, 15) is 58.2 Å². The smallest absolute Gasteiger partial charge is 0.306 e. The summed E-state index contributed by atoms with van der Waals surface area (Å²) in [6.45, 7) is 4.53. The molecule has 0 heterocycles. The van der Waals surface area contributed by atoms with Crippen LogP contribution in [-0.4, -0.2) is 231 Å². The van der Waals surface area contributed by atoms with Crippen LogP contribution in [0.15, 0.2) is 20.0 Å². The largest absolute Gasteiger partial charge is 0.462 e. The molecule has 0 bridgehead atoms. The van der Waals surface area contributed by atoms with Gasteiger partial charge in [0.05, 0.1) is 67.8 Å². The van der Waals surface area contributed by atoms with Gasteiger partial charge < -0.3 is 95.8 Å². The number of ether oxygens (including phenoxy) is 2. The Kier molecular flexibility index (Phi) is 68.2. The van der Waals surface area contributed by atoms with Gasteiger partial charge in [0.15, 0.2) is 23.8 Å². The minimum absolute atomic E-state index is 0.0798. The highest BCUT2D eigenvalue weighted by atomic mass is 32.2. The van der Waals surface area contributed by atoms with E-state index in [1.54, 1.807) is 0 Å². The fourth-order valence-electron chi connectivity index (χ4n) is 12.7. The van der Waals surface area contributed by atoms with Crippen molar-refractivity contribution in [3.05, 3.63) is 0 Å². The molecule has 114 heavy (non-hydrogen) atoms. The predicted octanol–water partition coefficient (Wildman–Crippen LogP) is 2.12. The average molecular weight is 1640 g/mol. The normalized spacial score (nSPS) is 13.8. The van der Waals surface area contributed by atoms with Gasteiger partial charge in [-0.05, 0) is 84.0 Å². The monoisotopic (exact) mass is 1640 g/mol. The topological polar surface area (TPSA) is 609 Å². The second-order valence-corrected chi connectivity index (χ2v) is 30.5. The summed E-state index contributed by atoms with van der Waals surface area (Å²) < 4.78 is 11.4. The third kappa shape index (κ3) is 58.9. The zero-order valence-corrected chi connectivity index (χ0v) is 69.9. The molecule has 3 unspecified atom stereocenters. The first-order valence-corrected chi connectivity index (χ1v) is 43.2. The first-order chi connectivity index (χ1) is 54.9. The van der Waals surface area contributed by atoms with E-state index in [0.29, 0.717) is 76.5 Å². The first kappa shape index (κ1) is 107. The number of hydrogen-bond donors (Lipinski definition) is 19. The van der Waals surface area contributed by atoms with Gasteiger partial charge in [-0.2, -0.15) is 11.8 Å². The number of hydrogen-bond acceptors (Lipinski definition) is 27. The van der Waals surface area contributed by atoms with Crippen molar-refractivity contribution >= 4 is 95.9 Å². The van der Waals surface area contributed by atoms with Crippen LogP contribution in [0.1, 0.15) is 271 Å². The number of nitrogens with zero attached hydrogens (tertiary/aromatic N) is 4. The number of carbonyl (C=O) groups is 10. The van der Waals surface area contributed by atoms with Crippen LogP contribution < -0.4 is 94.4 Å². The number of aliphatic hydroxyl groups is 2. The molecule has 0 aliphatic heterocycles. The Morgan fingerprint density at radius 3 is 1.12 bits per heavy atom. The number of nitrogens with one attached hydrogen (secondary N) is 8. The van der Waals surface area contributed by atoms with Gasteiger partial charge in [-0.15, -0.1) is 0 Å². The number of unbranched alkanes of at least 4 members (excludes halogenated alkanes) is 25. The minimum Gasteiger partial charge on any atom is -0.462 e. The molecule has 0 aromatic rings. The molecule has 0 radical (unpaired) electrons. The molecule has 0 rings (SSSR count). The molecule has 0 fully saturated rings. The Labute approximate surface area is 682 Å². The molecule has 35 nitrogen and oxygen atoms in total. The second-order valence-electron chi connectivity index (χ2n) is 29.4. The van der Waals surface area contributed by atoms with E-state index in [-0.39, 0.29) is 125 Å². The van der Waals surface area contributed by atoms with Gasteiger partial charge in [-0.25, -0.2) is 5.43 Å². The second kappa shape index (κ2) is 72.6. The van der Waals surface area contributed by atoms with Crippen molar-refractivity contribution in [2.24, 2.45) is 71.6 Å². The van der Waals surface area contributed by atoms with Gasteiger partial charge in [-0.1, -0.05) is 174 Å². The van der Waals surface area contributed by atoms with Crippen LogP contribution in [0.3, 0.4) is 0 Å². The van der Waals surface area contributed by atoms with Gasteiger partial charge >= 0.3 is 11.9 Å². The molecule has 1 amide bonds. The number of aliphatic imine (C=N–C) groups is 4. The molecule has 36 heteroatoms. The summed E-state index contributed by atoms with van der Waals surface area (Å²) >= 11 is 1.11. The highest BCUT2D eigenvalue weighted by molar-refractivity contribution is 7.99. The zero-order chi connectivity index (χ0) is 84.8. The number of nitrogens with two attached hydrogens (primary N) is 9. The number of thioether (sulfide) groups is 1. The van der Waals surface area contributed by atoms with Crippen molar-refractivity contribution in [3.8, 4) is 0 Å². The lowest BCUT2D eigenvalue weighted by Crippen LogP contribution is -2.72. The van der Waals surface area contributed by atoms with E-state index in [1.165, 1.54) is 116 Å². The lowest BCUT2D eigenvalue weighted by atomic mass is 9.99. The zero-order valence-electron chi connectivity index (χ0n) is 69.1. The summed E-state index contributed by atoms with van der Waals surface area (Å²) in [6, 6.07) is -10.6. The molecular formula is C78H151N21O14S. The van der Waals surface area contributed by atoms with Gasteiger partial charge in [0.1, 0.15) is 55.7 Å². The molecule has 0 aliphatic rings. The number of aliphatic hydroxyl groups excluding tert-OH is 2. The number of amides is 1. The molecule has 0 aliphatic carbocycles. The highest BCUT2D eigenvalue weighted by Crippen LogP contribution is 2.19.